The Morgan fingerprint density at radius 3 is 2.45 bits per heavy atom. The molecule has 33 heavy (non-hydrogen) atoms. The van der Waals surface area contributed by atoms with E-state index in [1.807, 2.05) is 0 Å². The molecule has 17 heteroatoms. The van der Waals surface area contributed by atoms with Gasteiger partial charge in [-0.15, -0.1) is 15.3 Å². The van der Waals surface area contributed by atoms with Crippen molar-refractivity contribution in [1.29, 1.82) is 0 Å². The van der Waals surface area contributed by atoms with Crippen molar-refractivity contribution in [2.45, 2.75) is 50.4 Å². The molecule has 0 spiro atoms. The van der Waals surface area contributed by atoms with Gasteiger partial charge >= 0.3 is 18.3 Å². The van der Waals surface area contributed by atoms with Crippen LogP contribution in [0.1, 0.15) is 24.8 Å². The van der Waals surface area contributed by atoms with Crippen LogP contribution in [-0.2, 0) is 25.4 Å². The van der Waals surface area contributed by atoms with E-state index in [1.165, 1.54) is 0 Å². The molecule has 2 N–H and O–H groups in total. The SMILES string of the molecule is CC[C@@H](/C=C/C(=O)Nc1nnc(C(F)(F)F)s1)NC(=O)[C@@H]1C[C@H](F)CN1OC(=O)C(F)(F)F. The number of nitrogens with zero attached hydrogens (tertiary/aromatic N) is 3. The monoisotopic (exact) mass is 507 g/mol. The van der Waals surface area contributed by atoms with Crippen LogP contribution in [0.5, 0.6) is 0 Å². The first-order chi connectivity index (χ1) is 15.2. The minimum absolute atomic E-state index is 0.0972. The van der Waals surface area contributed by atoms with Gasteiger partial charge in [0.15, 0.2) is 0 Å². The number of hydroxylamine groups is 2. The fourth-order valence-electron chi connectivity index (χ4n) is 2.56. The summed E-state index contributed by atoms with van der Waals surface area (Å²) in [5.41, 5.74) is 0. The van der Waals surface area contributed by atoms with Gasteiger partial charge < -0.3 is 10.2 Å². The fourth-order valence-corrected chi connectivity index (χ4v) is 3.17. The van der Waals surface area contributed by atoms with Crippen LogP contribution in [-0.4, -0.2) is 64.0 Å². The van der Waals surface area contributed by atoms with Crippen LogP contribution in [0.25, 0.3) is 0 Å². The summed E-state index contributed by atoms with van der Waals surface area (Å²) >= 11 is 0.0972. The van der Waals surface area contributed by atoms with Gasteiger partial charge in [0.25, 0.3) is 0 Å². The highest BCUT2D eigenvalue weighted by atomic mass is 32.1. The van der Waals surface area contributed by atoms with E-state index < -0.39 is 71.5 Å². The molecule has 1 saturated heterocycles. The summed E-state index contributed by atoms with van der Waals surface area (Å²) in [5, 5.41) is 9.09. The van der Waals surface area contributed by atoms with Gasteiger partial charge in [-0.1, -0.05) is 24.3 Å². The number of halogens is 7. The normalized spacial score (nSPS) is 20.6. The maximum Gasteiger partial charge on any atom is 0.492 e. The number of carbonyl (C=O) groups is 3. The summed E-state index contributed by atoms with van der Waals surface area (Å²) in [6, 6.07) is -2.40. The molecule has 0 aromatic carbocycles. The van der Waals surface area contributed by atoms with E-state index in [1.54, 1.807) is 6.92 Å². The second-order valence-electron chi connectivity index (χ2n) is 6.61. The van der Waals surface area contributed by atoms with Gasteiger partial charge in [-0.25, -0.2) is 9.18 Å². The smallest absolute Gasteiger partial charge is 0.360 e. The Labute approximate surface area is 184 Å². The number of aromatic nitrogens is 2. The number of nitrogens with one attached hydrogen (secondary N) is 2. The van der Waals surface area contributed by atoms with Crippen LogP contribution in [0.15, 0.2) is 12.2 Å². The molecule has 0 unspecified atom stereocenters. The maximum atomic E-state index is 13.6. The van der Waals surface area contributed by atoms with Crippen molar-refractivity contribution in [2.75, 3.05) is 11.9 Å². The standard InChI is InChI=1S/C16H16F7N5O4S/c1-2-8(3-4-10(29)25-14-27-26-12(33-14)15(18,19)20)24-11(30)9-5-7(17)6-28(9)32-13(31)16(21,22)23/h3-4,7-9H,2,5-6H2,1H3,(H,24,30)(H,25,27,29)/b4-3+/t7-,8-,9-/m0/s1. The third-order valence-electron chi connectivity index (χ3n) is 4.08. The van der Waals surface area contributed by atoms with Gasteiger partial charge in [-0.3, -0.25) is 14.9 Å². The van der Waals surface area contributed by atoms with E-state index in [-0.39, 0.29) is 17.8 Å². The average molecular weight is 507 g/mol. The molecule has 0 saturated carbocycles. The summed E-state index contributed by atoms with van der Waals surface area (Å²) in [7, 11) is 0. The summed E-state index contributed by atoms with van der Waals surface area (Å²) in [6.07, 6.45) is -10.1. The van der Waals surface area contributed by atoms with Crippen LogP contribution in [0.4, 0.5) is 35.9 Å². The molecule has 2 amide bonds. The number of hydrogen-bond acceptors (Lipinski definition) is 8. The lowest BCUT2D eigenvalue weighted by Crippen LogP contribution is -2.48. The van der Waals surface area contributed by atoms with Gasteiger partial charge in [-0.05, 0) is 6.42 Å². The number of hydrogen-bond donors (Lipinski definition) is 2. The highest BCUT2D eigenvalue weighted by Crippen LogP contribution is 2.33. The third-order valence-corrected chi connectivity index (χ3v) is 4.97. The molecule has 1 aliphatic heterocycles. The van der Waals surface area contributed by atoms with Crippen LogP contribution in [0.2, 0.25) is 0 Å². The first-order valence-electron chi connectivity index (χ1n) is 9.10. The average Bonchev–Trinajstić information content (AvgIpc) is 3.30. The topological polar surface area (TPSA) is 114 Å². The Hall–Kier alpha value is -2.82. The minimum Gasteiger partial charge on any atom is -0.360 e. The largest absolute Gasteiger partial charge is 0.492 e. The van der Waals surface area contributed by atoms with Gasteiger partial charge in [0.05, 0.1) is 6.54 Å². The molecule has 1 aromatic rings. The molecule has 2 heterocycles. The van der Waals surface area contributed by atoms with Crippen molar-refractivity contribution < 1.29 is 50.0 Å². The predicted molar refractivity (Wildman–Crippen MR) is 97.1 cm³/mol. The highest BCUT2D eigenvalue weighted by Gasteiger charge is 2.47. The second kappa shape index (κ2) is 10.4. The first kappa shape index (κ1) is 26.4. The molecule has 0 radical (unpaired) electrons. The van der Waals surface area contributed by atoms with E-state index in [9.17, 15) is 45.1 Å². The van der Waals surface area contributed by atoms with E-state index in [4.69, 9.17) is 0 Å². The molecule has 9 nitrogen and oxygen atoms in total. The van der Waals surface area contributed by atoms with Gasteiger partial charge in [0.1, 0.15) is 12.2 Å². The van der Waals surface area contributed by atoms with Crippen molar-refractivity contribution in [3.63, 3.8) is 0 Å². The summed E-state index contributed by atoms with van der Waals surface area (Å²) in [6.45, 7) is 0.832. The third kappa shape index (κ3) is 7.62. The Balaban J connectivity index is 1.96. The molecular formula is C16H16F7N5O4S. The molecule has 184 valence electrons. The zero-order valence-electron chi connectivity index (χ0n) is 16.5. The van der Waals surface area contributed by atoms with E-state index in [0.717, 1.165) is 12.2 Å². The minimum atomic E-state index is -5.34. The van der Waals surface area contributed by atoms with Crippen molar-refractivity contribution in [3.8, 4) is 0 Å². The maximum absolute atomic E-state index is 13.6. The Morgan fingerprint density at radius 1 is 1.24 bits per heavy atom. The van der Waals surface area contributed by atoms with Crippen molar-refractivity contribution in [3.05, 3.63) is 17.2 Å². The van der Waals surface area contributed by atoms with E-state index in [2.05, 4.69) is 25.7 Å². The fraction of sp³-hybridized carbons (Fsp3) is 0.562. The number of rotatable bonds is 7. The molecule has 1 fully saturated rings. The van der Waals surface area contributed by atoms with Gasteiger partial charge in [0, 0.05) is 18.5 Å². The molecule has 2 rings (SSSR count). The first-order valence-corrected chi connectivity index (χ1v) is 9.92. The number of amides is 2. The van der Waals surface area contributed by atoms with Gasteiger partial charge in [-0.2, -0.15) is 26.3 Å². The zero-order valence-corrected chi connectivity index (χ0v) is 17.4. The van der Waals surface area contributed by atoms with Crippen molar-refractivity contribution in [1.82, 2.24) is 20.6 Å². The predicted octanol–water partition coefficient (Wildman–Crippen LogP) is 2.38. The number of carbonyl (C=O) groups excluding carboxylic acids is 3. The molecule has 0 bridgehead atoms. The van der Waals surface area contributed by atoms with E-state index >= 15 is 0 Å². The van der Waals surface area contributed by atoms with Crippen molar-refractivity contribution >= 4 is 34.3 Å². The summed E-state index contributed by atoms with van der Waals surface area (Å²) in [4.78, 5) is 39.3. The second-order valence-corrected chi connectivity index (χ2v) is 7.58. The molecule has 0 aliphatic carbocycles. The Bertz CT molecular complexity index is 905. The van der Waals surface area contributed by atoms with Gasteiger partial charge in [0.2, 0.25) is 22.0 Å². The number of anilines is 1. The van der Waals surface area contributed by atoms with Crippen LogP contribution < -0.4 is 10.6 Å². The van der Waals surface area contributed by atoms with Crippen molar-refractivity contribution in [2.24, 2.45) is 0 Å². The summed E-state index contributed by atoms with van der Waals surface area (Å²) < 4.78 is 88.3. The van der Waals surface area contributed by atoms with Crippen LogP contribution >= 0.6 is 11.3 Å². The lowest BCUT2D eigenvalue weighted by molar-refractivity contribution is -0.240. The lowest BCUT2D eigenvalue weighted by atomic mass is 10.1. The summed E-state index contributed by atoms with van der Waals surface area (Å²) in [5.74, 6) is -4.46. The zero-order chi connectivity index (χ0) is 25.0. The van der Waals surface area contributed by atoms with Crippen LogP contribution in [0.3, 0.4) is 0 Å². The molecule has 1 aliphatic rings. The lowest BCUT2D eigenvalue weighted by Gasteiger charge is -2.24. The Kier molecular flexibility index (Phi) is 8.34. The quantitative estimate of drug-likeness (QED) is 0.431. The van der Waals surface area contributed by atoms with Crippen LogP contribution in [0, 0.1) is 0 Å². The molecule has 3 atom stereocenters. The molecular weight excluding hydrogens is 491 g/mol. The highest BCUT2D eigenvalue weighted by molar-refractivity contribution is 7.15. The number of alkyl halides is 7. The molecule has 1 aromatic heterocycles. The Morgan fingerprint density at radius 2 is 1.91 bits per heavy atom. The van der Waals surface area contributed by atoms with E-state index in [0.29, 0.717) is 5.06 Å².